The average molecular weight is 220 g/mol. The summed E-state index contributed by atoms with van der Waals surface area (Å²) in [6.45, 7) is 0.528. The van der Waals surface area contributed by atoms with E-state index < -0.39 is 0 Å². The molecule has 2 rings (SSSR count). The summed E-state index contributed by atoms with van der Waals surface area (Å²) in [5.74, 6) is 1.20. The van der Waals surface area contributed by atoms with Gasteiger partial charge in [0.2, 0.25) is 0 Å². The second kappa shape index (κ2) is 5.01. The Morgan fingerprint density at radius 3 is 3.06 bits per heavy atom. The van der Waals surface area contributed by atoms with Crippen molar-refractivity contribution in [2.75, 3.05) is 13.7 Å². The van der Waals surface area contributed by atoms with Gasteiger partial charge in [-0.05, 0) is 36.5 Å². The Kier molecular flexibility index (Phi) is 3.44. The van der Waals surface area contributed by atoms with Crippen LogP contribution in [0.3, 0.4) is 0 Å². The summed E-state index contributed by atoms with van der Waals surface area (Å²) in [6.07, 6.45) is 2.28. The molecule has 0 saturated carbocycles. The average Bonchev–Trinajstić information content (AvgIpc) is 2.54. The summed E-state index contributed by atoms with van der Waals surface area (Å²) in [5.41, 5.74) is 1.23. The number of carbonyl (C=O) groups is 1. The van der Waals surface area contributed by atoms with Gasteiger partial charge in [-0.1, -0.05) is 12.1 Å². The highest BCUT2D eigenvalue weighted by molar-refractivity contribution is 5.69. The summed E-state index contributed by atoms with van der Waals surface area (Å²) in [5, 5.41) is 0. The van der Waals surface area contributed by atoms with Crippen molar-refractivity contribution >= 4 is 5.97 Å². The fourth-order valence-electron chi connectivity index (χ4n) is 2.05. The lowest BCUT2D eigenvalue weighted by Crippen LogP contribution is -2.00. The van der Waals surface area contributed by atoms with Crippen molar-refractivity contribution in [3.63, 3.8) is 0 Å². The minimum atomic E-state index is -0.0783. The Hall–Kier alpha value is -1.51. The van der Waals surface area contributed by atoms with Gasteiger partial charge in [0.25, 0.3) is 0 Å². The summed E-state index contributed by atoms with van der Waals surface area (Å²) in [7, 11) is 1.67. The van der Waals surface area contributed by atoms with Crippen LogP contribution in [0.25, 0.3) is 0 Å². The quantitative estimate of drug-likeness (QED) is 0.718. The smallest absolute Gasteiger partial charge is 0.305 e. The fourth-order valence-corrected chi connectivity index (χ4v) is 2.05. The maximum absolute atomic E-state index is 11.1. The third kappa shape index (κ3) is 2.54. The van der Waals surface area contributed by atoms with E-state index in [2.05, 4.69) is 6.07 Å². The van der Waals surface area contributed by atoms with E-state index in [1.807, 2.05) is 18.2 Å². The van der Waals surface area contributed by atoms with Crippen molar-refractivity contribution < 1.29 is 14.3 Å². The number of carbonyl (C=O) groups excluding carboxylic acids is 1. The first kappa shape index (κ1) is 11.0. The van der Waals surface area contributed by atoms with E-state index >= 15 is 0 Å². The first-order valence-electron chi connectivity index (χ1n) is 5.59. The van der Waals surface area contributed by atoms with Crippen LogP contribution in [0.4, 0.5) is 0 Å². The fraction of sp³-hybridized carbons (Fsp3) is 0.462. The van der Waals surface area contributed by atoms with Crippen LogP contribution in [0, 0.1) is 0 Å². The molecule has 1 saturated heterocycles. The zero-order valence-electron chi connectivity index (χ0n) is 9.44. The molecule has 1 heterocycles. The zero-order valence-corrected chi connectivity index (χ0v) is 9.44. The maximum atomic E-state index is 11.1. The predicted octanol–water partition coefficient (Wildman–Crippen LogP) is 2.51. The molecule has 3 nitrogen and oxygen atoms in total. The van der Waals surface area contributed by atoms with Crippen LogP contribution in [-0.2, 0) is 9.53 Å². The summed E-state index contributed by atoms with van der Waals surface area (Å²) < 4.78 is 10.2. The molecule has 1 aromatic carbocycles. The molecule has 0 aliphatic carbocycles. The van der Waals surface area contributed by atoms with Gasteiger partial charge in [0, 0.05) is 6.42 Å². The number of cyclic esters (lactones) is 1. The van der Waals surface area contributed by atoms with Crippen LogP contribution < -0.4 is 4.74 Å². The highest BCUT2D eigenvalue weighted by atomic mass is 16.5. The number of hydrogen-bond acceptors (Lipinski definition) is 3. The standard InChI is InChI=1S/C13H16O3/c1-15-12-4-2-3-11(9-12)10-5-6-13(14)16-8-7-10/h2-4,9-10H,5-8H2,1H3/t10-/m1/s1. The molecule has 0 aromatic heterocycles. The summed E-state index contributed by atoms with van der Waals surface area (Å²) in [6, 6.07) is 8.05. The predicted molar refractivity (Wildman–Crippen MR) is 60.5 cm³/mol. The van der Waals surface area contributed by atoms with Crippen LogP contribution in [0.1, 0.15) is 30.7 Å². The number of ether oxygens (including phenoxy) is 2. The third-order valence-corrected chi connectivity index (χ3v) is 2.99. The van der Waals surface area contributed by atoms with Crippen molar-refractivity contribution in [1.29, 1.82) is 0 Å². The van der Waals surface area contributed by atoms with Crippen molar-refractivity contribution in [3.05, 3.63) is 29.8 Å². The molecule has 3 heteroatoms. The molecule has 1 atom stereocenters. The first-order valence-corrected chi connectivity index (χ1v) is 5.59. The van der Waals surface area contributed by atoms with Gasteiger partial charge in [0.05, 0.1) is 13.7 Å². The van der Waals surface area contributed by atoms with E-state index in [0.717, 1.165) is 18.6 Å². The van der Waals surface area contributed by atoms with E-state index in [0.29, 0.717) is 18.9 Å². The molecule has 1 fully saturated rings. The van der Waals surface area contributed by atoms with E-state index in [1.165, 1.54) is 5.56 Å². The normalized spacial score (nSPS) is 21.1. The first-order chi connectivity index (χ1) is 7.79. The van der Waals surface area contributed by atoms with Crippen molar-refractivity contribution in [2.24, 2.45) is 0 Å². The molecule has 1 aromatic rings. The van der Waals surface area contributed by atoms with E-state index in [4.69, 9.17) is 9.47 Å². The van der Waals surface area contributed by atoms with Crippen LogP contribution in [0.15, 0.2) is 24.3 Å². The number of benzene rings is 1. The minimum absolute atomic E-state index is 0.0783. The Labute approximate surface area is 95.4 Å². The van der Waals surface area contributed by atoms with Crippen LogP contribution >= 0.6 is 0 Å². The molecule has 0 spiro atoms. The monoisotopic (exact) mass is 220 g/mol. The molecular weight excluding hydrogens is 204 g/mol. The van der Waals surface area contributed by atoms with Gasteiger partial charge < -0.3 is 9.47 Å². The maximum Gasteiger partial charge on any atom is 0.305 e. The lowest BCUT2D eigenvalue weighted by atomic mass is 9.92. The Morgan fingerprint density at radius 1 is 1.38 bits per heavy atom. The number of rotatable bonds is 2. The largest absolute Gasteiger partial charge is 0.497 e. The SMILES string of the molecule is COc1cccc([C@H]2CCOC(=O)CC2)c1. The summed E-state index contributed by atoms with van der Waals surface area (Å²) >= 11 is 0. The van der Waals surface area contributed by atoms with Crippen molar-refractivity contribution in [2.45, 2.75) is 25.2 Å². The van der Waals surface area contributed by atoms with Crippen molar-refractivity contribution in [1.82, 2.24) is 0 Å². The van der Waals surface area contributed by atoms with E-state index in [-0.39, 0.29) is 5.97 Å². The topological polar surface area (TPSA) is 35.5 Å². The number of esters is 1. The lowest BCUT2D eigenvalue weighted by Gasteiger charge is -2.13. The minimum Gasteiger partial charge on any atom is -0.497 e. The Balaban J connectivity index is 2.13. The van der Waals surface area contributed by atoms with Crippen molar-refractivity contribution in [3.8, 4) is 5.75 Å². The molecule has 16 heavy (non-hydrogen) atoms. The molecule has 0 N–H and O–H groups in total. The van der Waals surface area contributed by atoms with Crippen LogP contribution in [-0.4, -0.2) is 19.7 Å². The lowest BCUT2D eigenvalue weighted by molar-refractivity contribution is -0.142. The summed E-state index contributed by atoms with van der Waals surface area (Å²) in [4.78, 5) is 11.1. The van der Waals surface area contributed by atoms with Gasteiger partial charge in [-0.2, -0.15) is 0 Å². The molecule has 0 amide bonds. The molecule has 0 unspecified atom stereocenters. The van der Waals surface area contributed by atoms with Gasteiger partial charge in [0.1, 0.15) is 5.75 Å². The van der Waals surface area contributed by atoms with Gasteiger partial charge in [-0.25, -0.2) is 0 Å². The second-order valence-corrected chi connectivity index (χ2v) is 4.02. The van der Waals surface area contributed by atoms with Gasteiger partial charge >= 0.3 is 5.97 Å². The number of hydrogen-bond donors (Lipinski definition) is 0. The van der Waals surface area contributed by atoms with E-state index in [9.17, 15) is 4.79 Å². The highest BCUT2D eigenvalue weighted by Gasteiger charge is 2.19. The van der Waals surface area contributed by atoms with E-state index in [1.54, 1.807) is 7.11 Å². The molecule has 0 radical (unpaired) electrons. The van der Waals surface area contributed by atoms with Gasteiger partial charge in [-0.3, -0.25) is 4.79 Å². The van der Waals surface area contributed by atoms with Crippen LogP contribution in [0.2, 0.25) is 0 Å². The van der Waals surface area contributed by atoms with Gasteiger partial charge in [-0.15, -0.1) is 0 Å². The zero-order chi connectivity index (χ0) is 11.4. The number of methoxy groups -OCH3 is 1. The molecule has 86 valence electrons. The molecular formula is C13H16O3. The van der Waals surface area contributed by atoms with Crippen LogP contribution in [0.5, 0.6) is 5.75 Å². The highest BCUT2D eigenvalue weighted by Crippen LogP contribution is 2.29. The second-order valence-electron chi connectivity index (χ2n) is 4.02. The van der Waals surface area contributed by atoms with Gasteiger partial charge in [0.15, 0.2) is 0 Å². The Bertz CT molecular complexity index is 373. The molecule has 0 bridgehead atoms. The molecule has 1 aliphatic heterocycles. The third-order valence-electron chi connectivity index (χ3n) is 2.99. The molecule has 1 aliphatic rings. The Morgan fingerprint density at radius 2 is 2.25 bits per heavy atom.